The second-order valence-corrected chi connectivity index (χ2v) is 5.65. The highest BCUT2D eigenvalue weighted by molar-refractivity contribution is 5.25. The van der Waals surface area contributed by atoms with E-state index in [1.165, 1.54) is 11.1 Å². The normalized spacial score (nSPS) is 17.4. The third kappa shape index (κ3) is 2.85. The molecule has 0 aliphatic carbocycles. The molecule has 0 spiro atoms. The molecule has 1 aliphatic heterocycles. The van der Waals surface area contributed by atoms with Crippen LogP contribution in [0, 0.1) is 6.92 Å². The summed E-state index contributed by atoms with van der Waals surface area (Å²) < 4.78 is 2.03. The lowest BCUT2D eigenvalue weighted by Gasteiger charge is -2.32. The number of nitrogens with zero attached hydrogens (tertiary/aromatic N) is 3. The van der Waals surface area contributed by atoms with Crippen molar-refractivity contribution in [2.45, 2.75) is 32.4 Å². The Hall–Kier alpha value is -1.81. The number of nitrogens with two attached hydrogens (primary N) is 1. The molecule has 1 saturated heterocycles. The van der Waals surface area contributed by atoms with Gasteiger partial charge in [0, 0.05) is 25.8 Å². The molecule has 1 aromatic heterocycles. The van der Waals surface area contributed by atoms with Crippen molar-refractivity contribution in [2.75, 3.05) is 18.8 Å². The molecule has 1 fully saturated rings. The summed E-state index contributed by atoms with van der Waals surface area (Å²) in [5.41, 5.74) is 8.51. The van der Waals surface area contributed by atoms with E-state index in [0.717, 1.165) is 32.5 Å². The largest absolute Gasteiger partial charge is 0.382 e. The van der Waals surface area contributed by atoms with Gasteiger partial charge in [0.05, 0.1) is 6.04 Å². The lowest BCUT2D eigenvalue weighted by Crippen LogP contribution is -2.34. The third-order valence-corrected chi connectivity index (χ3v) is 4.22. The fourth-order valence-electron chi connectivity index (χ4n) is 2.93. The fraction of sp³-hybridized carbons (Fsp3) is 0.438. The second-order valence-electron chi connectivity index (χ2n) is 5.65. The average molecular weight is 270 g/mol. The molecular weight excluding hydrogens is 248 g/mol. The van der Waals surface area contributed by atoms with Crippen LogP contribution in [0.4, 0.5) is 5.82 Å². The molecule has 2 N–H and O–H groups in total. The van der Waals surface area contributed by atoms with Crippen LogP contribution in [0.2, 0.25) is 0 Å². The molecule has 0 amide bonds. The molecule has 2 aromatic rings. The minimum absolute atomic E-state index is 0.500. The molecule has 0 atom stereocenters. The maximum atomic E-state index is 5.69. The number of nitrogen functional groups attached to an aromatic ring is 1. The van der Waals surface area contributed by atoms with E-state index >= 15 is 0 Å². The molecule has 20 heavy (non-hydrogen) atoms. The number of rotatable bonds is 3. The molecule has 1 aromatic carbocycles. The summed E-state index contributed by atoms with van der Waals surface area (Å²) in [7, 11) is 0. The molecule has 1 aliphatic rings. The van der Waals surface area contributed by atoms with Gasteiger partial charge in [0.1, 0.15) is 5.82 Å². The number of aryl methyl sites for hydroxylation is 1. The summed E-state index contributed by atoms with van der Waals surface area (Å²) in [6.07, 6.45) is 4.29. The summed E-state index contributed by atoms with van der Waals surface area (Å²) in [4.78, 5) is 2.53. The topological polar surface area (TPSA) is 47.1 Å². The van der Waals surface area contributed by atoms with Gasteiger partial charge in [-0.3, -0.25) is 9.58 Å². The van der Waals surface area contributed by atoms with Gasteiger partial charge in [-0.05, 0) is 37.0 Å². The van der Waals surface area contributed by atoms with Gasteiger partial charge in [0.2, 0.25) is 0 Å². The van der Waals surface area contributed by atoms with E-state index in [1.807, 2.05) is 16.9 Å². The van der Waals surface area contributed by atoms with Crippen molar-refractivity contribution in [3.05, 3.63) is 47.7 Å². The number of piperidine rings is 1. The zero-order chi connectivity index (χ0) is 13.9. The summed E-state index contributed by atoms with van der Waals surface area (Å²) >= 11 is 0. The Morgan fingerprint density at radius 1 is 1.20 bits per heavy atom. The van der Waals surface area contributed by atoms with Gasteiger partial charge in [-0.15, -0.1) is 0 Å². The molecule has 3 rings (SSSR count). The highest BCUT2D eigenvalue weighted by atomic mass is 15.3. The summed E-state index contributed by atoms with van der Waals surface area (Å²) in [6, 6.07) is 11.0. The van der Waals surface area contributed by atoms with Crippen molar-refractivity contribution in [1.82, 2.24) is 14.7 Å². The Morgan fingerprint density at radius 2 is 1.95 bits per heavy atom. The zero-order valence-corrected chi connectivity index (χ0v) is 12.0. The van der Waals surface area contributed by atoms with E-state index < -0.39 is 0 Å². The predicted octanol–water partition coefficient (Wildman–Crippen LogP) is 2.61. The molecule has 4 nitrogen and oxygen atoms in total. The summed E-state index contributed by atoms with van der Waals surface area (Å²) in [6.45, 7) is 5.49. The van der Waals surface area contributed by atoms with Crippen molar-refractivity contribution in [2.24, 2.45) is 0 Å². The zero-order valence-electron chi connectivity index (χ0n) is 12.0. The van der Waals surface area contributed by atoms with Gasteiger partial charge >= 0.3 is 0 Å². The molecule has 2 heterocycles. The van der Waals surface area contributed by atoms with Gasteiger partial charge in [-0.2, -0.15) is 5.10 Å². The van der Waals surface area contributed by atoms with Crippen LogP contribution in [0.1, 0.15) is 30.0 Å². The molecule has 4 heteroatoms. The smallest absolute Gasteiger partial charge is 0.145 e. The van der Waals surface area contributed by atoms with Crippen molar-refractivity contribution >= 4 is 5.82 Å². The molecular formula is C16H22N4. The average Bonchev–Trinajstić information content (AvgIpc) is 2.89. The number of aromatic nitrogens is 2. The Kier molecular flexibility index (Phi) is 3.74. The minimum Gasteiger partial charge on any atom is -0.382 e. The highest BCUT2D eigenvalue weighted by Gasteiger charge is 2.21. The first kappa shape index (κ1) is 13.2. The van der Waals surface area contributed by atoms with Gasteiger partial charge in [0.25, 0.3) is 0 Å². The van der Waals surface area contributed by atoms with E-state index in [9.17, 15) is 0 Å². The van der Waals surface area contributed by atoms with E-state index in [2.05, 4.69) is 41.2 Å². The number of anilines is 1. The van der Waals surface area contributed by atoms with Crippen molar-refractivity contribution in [1.29, 1.82) is 0 Å². The minimum atomic E-state index is 0.500. The van der Waals surface area contributed by atoms with Crippen molar-refractivity contribution in [3.8, 4) is 0 Å². The number of benzene rings is 1. The van der Waals surface area contributed by atoms with Crippen molar-refractivity contribution < 1.29 is 0 Å². The van der Waals surface area contributed by atoms with E-state index in [0.29, 0.717) is 11.9 Å². The van der Waals surface area contributed by atoms with Gasteiger partial charge in [0.15, 0.2) is 0 Å². The predicted molar refractivity (Wildman–Crippen MR) is 81.4 cm³/mol. The molecule has 0 unspecified atom stereocenters. The lowest BCUT2D eigenvalue weighted by atomic mass is 10.0. The molecule has 106 valence electrons. The first-order valence-corrected chi connectivity index (χ1v) is 7.30. The summed E-state index contributed by atoms with van der Waals surface area (Å²) in [5, 5.41) is 4.33. The first-order valence-electron chi connectivity index (χ1n) is 7.30. The standard InChI is InChI=1S/C16H22N4/c1-13-4-2-3-5-14(13)12-19-9-6-15(7-10-19)20-11-8-16(17)18-20/h2-5,8,11,15H,6-7,9-10,12H2,1H3,(H2,17,18). The van der Waals surface area contributed by atoms with Crippen LogP contribution >= 0.6 is 0 Å². The van der Waals surface area contributed by atoms with Gasteiger partial charge < -0.3 is 5.73 Å². The van der Waals surface area contributed by atoms with Crippen LogP contribution in [0.15, 0.2) is 36.5 Å². The maximum Gasteiger partial charge on any atom is 0.145 e. The number of hydrogen-bond acceptors (Lipinski definition) is 3. The first-order chi connectivity index (χ1) is 9.72. The number of likely N-dealkylation sites (tertiary alicyclic amines) is 1. The van der Waals surface area contributed by atoms with E-state index in [4.69, 9.17) is 5.73 Å². The monoisotopic (exact) mass is 270 g/mol. The lowest BCUT2D eigenvalue weighted by molar-refractivity contribution is 0.173. The maximum absolute atomic E-state index is 5.69. The van der Waals surface area contributed by atoms with Crippen LogP contribution in [0.5, 0.6) is 0 Å². The Bertz CT molecular complexity index is 567. The molecule has 0 saturated carbocycles. The Morgan fingerprint density at radius 3 is 2.60 bits per heavy atom. The molecule has 0 bridgehead atoms. The van der Waals surface area contributed by atoms with Gasteiger partial charge in [-0.25, -0.2) is 0 Å². The quantitative estimate of drug-likeness (QED) is 0.932. The third-order valence-electron chi connectivity index (χ3n) is 4.22. The van der Waals surface area contributed by atoms with Gasteiger partial charge in [-0.1, -0.05) is 24.3 Å². The molecule has 0 radical (unpaired) electrons. The highest BCUT2D eigenvalue weighted by Crippen LogP contribution is 2.23. The van der Waals surface area contributed by atoms with Crippen LogP contribution in [0.3, 0.4) is 0 Å². The summed E-state index contributed by atoms with van der Waals surface area (Å²) in [5.74, 6) is 0.618. The van der Waals surface area contributed by atoms with E-state index in [1.54, 1.807) is 0 Å². The van der Waals surface area contributed by atoms with Crippen molar-refractivity contribution in [3.63, 3.8) is 0 Å². The van der Waals surface area contributed by atoms with Crippen LogP contribution in [-0.2, 0) is 6.54 Å². The SMILES string of the molecule is Cc1ccccc1CN1CCC(n2ccc(N)n2)CC1. The van der Waals surface area contributed by atoms with Crippen LogP contribution in [0.25, 0.3) is 0 Å². The van der Waals surface area contributed by atoms with Crippen LogP contribution < -0.4 is 5.73 Å². The fourth-order valence-corrected chi connectivity index (χ4v) is 2.93. The second kappa shape index (κ2) is 5.67. The van der Waals surface area contributed by atoms with Crippen LogP contribution in [-0.4, -0.2) is 27.8 Å². The Labute approximate surface area is 120 Å². The Balaban J connectivity index is 1.58. The van der Waals surface area contributed by atoms with E-state index in [-0.39, 0.29) is 0 Å². The number of hydrogen-bond donors (Lipinski definition) is 1.